The van der Waals surface area contributed by atoms with Gasteiger partial charge in [0.2, 0.25) is 5.91 Å². The summed E-state index contributed by atoms with van der Waals surface area (Å²) < 4.78 is 0. The van der Waals surface area contributed by atoms with Crippen molar-refractivity contribution in [1.29, 1.82) is 0 Å². The smallest absolute Gasteiger partial charge is 0.234 e. The van der Waals surface area contributed by atoms with Gasteiger partial charge in [-0.05, 0) is 60.6 Å². The first-order chi connectivity index (χ1) is 13.3. The van der Waals surface area contributed by atoms with E-state index in [2.05, 4.69) is 38.8 Å². The van der Waals surface area contributed by atoms with Crippen LogP contribution in [0.4, 0.5) is 0 Å². The molecule has 0 bridgehead atoms. The number of hydrogen-bond donors (Lipinski definition) is 0. The molecule has 2 fully saturated rings. The van der Waals surface area contributed by atoms with E-state index in [1.54, 1.807) is 16.2 Å². The number of amides is 1. The third-order valence-electron chi connectivity index (χ3n) is 6.96. The Morgan fingerprint density at radius 2 is 1.85 bits per heavy atom. The molecule has 5 heteroatoms. The van der Waals surface area contributed by atoms with Gasteiger partial charge in [-0.1, -0.05) is 18.9 Å². The lowest BCUT2D eigenvalue weighted by atomic mass is 9.82. The molecule has 4 heterocycles. The zero-order chi connectivity index (χ0) is 18.3. The summed E-state index contributed by atoms with van der Waals surface area (Å²) in [5, 5.41) is 4.37. The Balaban J connectivity index is 1.25. The van der Waals surface area contributed by atoms with E-state index in [0.717, 1.165) is 45.3 Å². The Bertz CT molecular complexity index is 783. The average molecular weight is 401 g/mol. The highest BCUT2D eigenvalue weighted by atomic mass is 32.1. The monoisotopic (exact) mass is 400 g/mol. The molecule has 1 amide bonds. The lowest BCUT2D eigenvalue weighted by molar-refractivity contribution is -0.139. The predicted molar refractivity (Wildman–Crippen MR) is 113 cm³/mol. The number of piperidine rings is 1. The van der Waals surface area contributed by atoms with Gasteiger partial charge < -0.3 is 4.90 Å². The van der Waals surface area contributed by atoms with Crippen molar-refractivity contribution in [2.24, 2.45) is 0 Å². The summed E-state index contributed by atoms with van der Waals surface area (Å²) in [5.74, 6) is 0.416. The van der Waals surface area contributed by atoms with Crippen molar-refractivity contribution in [3.63, 3.8) is 0 Å². The van der Waals surface area contributed by atoms with E-state index in [4.69, 9.17) is 0 Å². The van der Waals surface area contributed by atoms with Gasteiger partial charge in [0, 0.05) is 42.0 Å². The molecular formula is C22H28N2OS2. The van der Waals surface area contributed by atoms with Gasteiger partial charge in [0.25, 0.3) is 0 Å². The third-order valence-corrected chi connectivity index (χ3v) is 9.06. The van der Waals surface area contributed by atoms with Crippen LogP contribution in [0.2, 0.25) is 0 Å². The largest absolute Gasteiger partial charge is 0.342 e. The van der Waals surface area contributed by atoms with Crippen LogP contribution in [0.5, 0.6) is 0 Å². The molecule has 2 aromatic heterocycles. The zero-order valence-corrected chi connectivity index (χ0v) is 17.5. The lowest BCUT2D eigenvalue weighted by Gasteiger charge is -2.42. The van der Waals surface area contributed by atoms with Gasteiger partial charge in [-0.3, -0.25) is 9.69 Å². The second-order valence-corrected chi connectivity index (χ2v) is 10.3. The summed E-state index contributed by atoms with van der Waals surface area (Å²) in [6.07, 6.45) is 7.93. The number of fused-ring (bicyclic) bond motifs is 1. The van der Waals surface area contributed by atoms with Crippen LogP contribution in [0.15, 0.2) is 29.0 Å². The van der Waals surface area contributed by atoms with E-state index in [0.29, 0.717) is 11.9 Å². The fourth-order valence-corrected chi connectivity index (χ4v) is 7.28. The molecule has 0 radical (unpaired) electrons. The molecule has 0 atom stereocenters. The standard InChI is InChI=1S/C22H28N2OS2/c25-21(22(9-1-2-10-22)20-4-3-14-27-20)23-11-5-18(6-12-23)24-13-7-19-17(16-24)8-15-26-19/h3-4,8,14-15,18H,1-2,5-7,9-13,16H2. The number of hydrogen-bond acceptors (Lipinski definition) is 4. The van der Waals surface area contributed by atoms with Crippen molar-refractivity contribution in [3.8, 4) is 0 Å². The molecule has 27 heavy (non-hydrogen) atoms. The fourth-order valence-electron chi connectivity index (χ4n) is 5.41. The number of nitrogens with zero attached hydrogens (tertiary/aromatic N) is 2. The second-order valence-electron chi connectivity index (χ2n) is 8.38. The molecule has 1 saturated carbocycles. The minimum absolute atomic E-state index is 0.211. The van der Waals surface area contributed by atoms with Crippen molar-refractivity contribution >= 4 is 28.6 Å². The van der Waals surface area contributed by atoms with Crippen molar-refractivity contribution in [2.45, 2.75) is 62.9 Å². The van der Waals surface area contributed by atoms with E-state index in [1.165, 1.54) is 36.2 Å². The maximum atomic E-state index is 13.6. The van der Waals surface area contributed by atoms with Crippen LogP contribution in [-0.4, -0.2) is 41.4 Å². The summed E-state index contributed by atoms with van der Waals surface area (Å²) in [5.41, 5.74) is 1.32. The van der Waals surface area contributed by atoms with E-state index < -0.39 is 0 Å². The molecule has 144 valence electrons. The first-order valence-corrected chi connectivity index (χ1v) is 12.1. The summed E-state index contributed by atoms with van der Waals surface area (Å²) >= 11 is 3.69. The summed E-state index contributed by atoms with van der Waals surface area (Å²) in [4.78, 5) is 21.3. The molecule has 1 saturated heterocycles. The molecule has 5 rings (SSSR count). The number of rotatable bonds is 3. The average Bonchev–Trinajstić information content (AvgIpc) is 3.48. The first-order valence-electron chi connectivity index (χ1n) is 10.4. The van der Waals surface area contributed by atoms with E-state index in [1.807, 2.05) is 11.3 Å². The maximum Gasteiger partial charge on any atom is 0.234 e. The molecule has 2 aromatic rings. The Hall–Kier alpha value is -1.17. The minimum atomic E-state index is -0.211. The number of carbonyl (C=O) groups is 1. The van der Waals surface area contributed by atoms with Crippen molar-refractivity contribution < 1.29 is 4.79 Å². The Labute approximate surface area is 170 Å². The van der Waals surface area contributed by atoms with Crippen LogP contribution in [0.1, 0.15) is 53.8 Å². The van der Waals surface area contributed by atoms with E-state index in [9.17, 15) is 4.79 Å². The van der Waals surface area contributed by atoms with Gasteiger partial charge >= 0.3 is 0 Å². The van der Waals surface area contributed by atoms with Gasteiger partial charge in [0.05, 0.1) is 5.41 Å². The van der Waals surface area contributed by atoms with Gasteiger partial charge in [-0.15, -0.1) is 22.7 Å². The Morgan fingerprint density at radius 1 is 1.04 bits per heavy atom. The second kappa shape index (κ2) is 7.34. The lowest BCUT2D eigenvalue weighted by Crippen LogP contribution is -2.52. The number of thiophene rings is 2. The molecule has 2 aliphatic heterocycles. The molecular weight excluding hydrogens is 372 g/mol. The molecule has 0 aromatic carbocycles. The van der Waals surface area contributed by atoms with Crippen LogP contribution in [0, 0.1) is 0 Å². The maximum absolute atomic E-state index is 13.6. The highest BCUT2D eigenvalue weighted by Crippen LogP contribution is 2.45. The van der Waals surface area contributed by atoms with Gasteiger partial charge in [-0.2, -0.15) is 0 Å². The normalized spacial score (nSPS) is 23.5. The molecule has 0 spiro atoms. The summed E-state index contributed by atoms with van der Waals surface area (Å²) in [6.45, 7) is 4.16. The van der Waals surface area contributed by atoms with Gasteiger partial charge in [-0.25, -0.2) is 0 Å². The summed E-state index contributed by atoms with van der Waals surface area (Å²) in [6, 6.07) is 7.24. The van der Waals surface area contributed by atoms with Crippen molar-refractivity contribution in [3.05, 3.63) is 44.3 Å². The van der Waals surface area contributed by atoms with Crippen LogP contribution in [0.25, 0.3) is 0 Å². The highest BCUT2D eigenvalue weighted by molar-refractivity contribution is 7.10. The van der Waals surface area contributed by atoms with E-state index in [-0.39, 0.29) is 5.41 Å². The topological polar surface area (TPSA) is 23.6 Å². The van der Waals surface area contributed by atoms with Crippen molar-refractivity contribution in [2.75, 3.05) is 19.6 Å². The molecule has 0 unspecified atom stereocenters. The van der Waals surface area contributed by atoms with Gasteiger partial charge in [0.15, 0.2) is 0 Å². The van der Waals surface area contributed by atoms with Crippen LogP contribution < -0.4 is 0 Å². The molecule has 0 N–H and O–H groups in total. The Kier molecular flexibility index (Phi) is 4.87. The van der Waals surface area contributed by atoms with Crippen LogP contribution in [0.3, 0.4) is 0 Å². The number of likely N-dealkylation sites (tertiary alicyclic amines) is 1. The quantitative estimate of drug-likeness (QED) is 0.747. The predicted octanol–water partition coefficient (Wildman–Crippen LogP) is 4.67. The van der Waals surface area contributed by atoms with Crippen LogP contribution >= 0.6 is 22.7 Å². The summed E-state index contributed by atoms with van der Waals surface area (Å²) in [7, 11) is 0. The van der Waals surface area contributed by atoms with E-state index >= 15 is 0 Å². The SMILES string of the molecule is O=C(N1CCC(N2CCc3sccc3C2)CC1)C1(c2cccs2)CCCC1. The molecule has 1 aliphatic carbocycles. The van der Waals surface area contributed by atoms with Crippen LogP contribution in [-0.2, 0) is 23.2 Å². The Morgan fingerprint density at radius 3 is 2.59 bits per heavy atom. The molecule has 3 aliphatic rings. The first kappa shape index (κ1) is 17.9. The zero-order valence-electron chi connectivity index (χ0n) is 15.9. The van der Waals surface area contributed by atoms with Gasteiger partial charge in [0.1, 0.15) is 0 Å². The fraction of sp³-hybridized carbons (Fsp3) is 0.591. The highest BCUT2D eigenvalue weighted by Gasteiger charge is 2.46. The minimum Gasteiger partial charge on any atom is -0.342 e. The van der Waals surface area contributed by atoms with Crippen molar-refractivity contribution in [1.82, 2.24) is 9.80 Å². The number of carbonyl (C=O) groups excluding carboxylic acids is 1. The third kappa shape index (κ3) is 3.18. The molecule has 3 nitrogen and oxygen atoms in total.